The molecule has 3 nitrogen and oxygen atoms in total. The molecule has 0 spiro atoms. The van der Waals surface area contributed by atoms with Crippen molar-refractivity contribution in [2.75, 3.05) is 0 Å². The Hall–Kier alpha value is -5.58. The van der Waals surface area contributed by atoms with Crippen LogP contribution in [0.1, 0.15) is 0 Å². The summed E-state index contributed by atoms with van der Waals surface area (Å²) in [6.07, 6.45) is 0. The molecule has 0 saturated heterocycles. The van der Waals surface area contributed by atoms with Crippen LogP contribution in [0.2, 0.25) is 0 Å². The van der Waals surface area contributed by atoms with Gasteiger partial charge in [0.2, 0.25) is 0 Å². The van der Waals surface area contributed by atoms with Crippen LogP contribution in [0.15, 0.2) is 140 Å². The molecule has 44 heavy (non-hydrogen) atoms. The van der Waals surface area contributed by atoms with E-state index in [0.29, 0.717) is 0 Å². The predicted molar refractivity (Wildman–Crippen MR) is 187 cm³/mol. The lowest BCUT2D eigenvalue weighted by molar-refractivity contribution is 1.31. The molecule has 10 aromatic rings. The molecule has 204 valence electrons. The fourth-order valence-corrected chi connectivity index (χ4v) is 8.12. The molecule has 10 rings (SSSR count). The number of pyridine rings is 2. The zero-order valence-corrected chi connectivity index (χ0v) is 24.3. The number of hydrogen-bond donors (Lipinski definition) is 0. The van der Waals surface area contributed by atoms with Crippen LogP contribution in [-0.2, 0) is 0 Å². The standard InChI is InChI=1S/C40H23N3S/c1-3-15-33-27(9-1)22-32-38(41-33)31-20-19-25(23-36(31)43-35-17-5-4-16-34(35)42-40(32)43)24-10-7-11-26(21-24)28-13-8-14-30-29-12-2-6-18-37(29)44-39(28)30/h1-23H. The van der Waals surface area contributed by atoms with E-state index in [1.165, 1.54) is 42.4 Å². The summed E-state index contributed by atoms with van der Waals surface area (Å²) in [7, 11) is 0. The molecule has 4 heteroatoms. The topological polar surface area (TPSA) is 30.2 Å². The first-order valence-corrected chi connectivity index (χ1v) is 15.7. The van der Waals surface area contributed by atoms with E-state index in [4.69, 9.17) is 9.97 Å². The average Bonchev–Trinajstić information content (AvgIpc) is 3.67. The van der Waals surface area contributed by atoms with Gasteiger partial charge in [-0.25, -0.2) is 9.97 Å². The summed E-state index contributed by atoms with van der Waals surface area (Å²) in [5.74, 6) is 0. The zero-order valence-electron chi connectivity index (χ0n) is 23.5. The van der Waals surface area contributed by atoms with Gasteiger partial charge in [-0.15, -0.1) is 11.3 Å². The molecule has 4 heterocycles. The molecule has 6 aromatic carbocycles. The van der Waals surface area contributed by atoms with Crippen molar-refractivity contribution in [2.45, 2.75) is 0 Å². The minimum Gasteiger partial charge on any atom is -0.292 e. The number of benzene rings is 6. The van der Waals surface area contributed by atoms with Crippen molar-refractivity contribution in [2.24, 2.45) is 0 Å². The molecular formula is C40H23N3S. The van der Waals surface area contributed by atoms with Crippen molar-refractivity contribution < 1.29 is 0 Å². The van der Waals surface area contributed by atoms with Crippen LogP contribution in [0.4, 0.5) is 0 Å². The van der Waals surface area contributed by atoms with Crippen LogP contribution in [0.3, 0.4) is 0 Å². The Morgan fingerprint density at radius 3 is 2.23 bits per heavy atom. The Labute approximate surface area is 256 Å². The van der Waals surface area contributed by atoms with Gasteiger partial charge in [0, 0.05) is 36.3 Å². The first-order chi connectivity index (χ1) is 21.8. The Balaban J connectivity index is 1.23. The van der Waals surface area contributed by atoms with E-state index in [-0.39, 0.29) is 0 Å². The number of imidazole rings is 1. The number of nitrogens with zero attached hydrogens (tertiary/aromatic N) is 3. The number of rotatable bonds is 2. The van der Waals surface area contributed by atoms with E-state index in [0.717, 1.165) is 49.4 Å². The summed E-state index contributed by atoms with van der Waals surface area (Å²) in [4.78, 5) is 10.3. The Morgan fingerprint density at radius 1 is 0.477 bits per heavy atom. The Morgan fingerprint density at radius 2 is 1.25 bits per heavy atom. The molecule has 4 aromatic heterocycles. The van der Waals surface area contributed by atoms with Gasteiger partial charge in [-0.1, -0.05) is 97.1 Å². The van der Waals surface area contributed by atoms with Gasteiger partial charge >= 0.3 is 0 Å². The van der Waals surface area contributed by atoms with Crippen LogP contribution in [0.25, 0.3) is 91.8 Å². The second-order valence-electron chi connectivity index (χ2n) is 11.4. The van der Waals surface area contributed by atoms with Crippen molar-refractivity contribution in [3.8, 4) is 22.3 Å². The van der Waals surface area contributed by atoms with Gasteiger partial charge in [0.25, 0.3) is 0 Å². The van der Waals surface area contributed by atoms with Gasteiger partial charge in [0.15, 0.2) is 0 Å². The largest absolute Gasteiger partial charge is 0.292 e. The highest BCUT2D eigenvalue weighted by molar-refractivity contribution is 7.26. The summed E-state index contributed by atoms with van der Waals surface area (Å²) in [6, 6.07) is 50.1. The van der Waals surface area contributed by atoms with Gasteiger partial charge in [0.05, 0.1) is 27.6 Å². The lowest BCUT2D eigenvalue weighted by Crippen LogP contribution is -1.94. The van der Waals surface area contributed by atoms with Gasteiger partial charge in [0.1, 0.15) is 5.65 Å². The molecule has 0 bridgehead atoms. The van der Waals surface area contributed by atoms with Crippen molar-refractivity contribution in [1.29, 1.82) is 0 Å². The number of para-hydroxylation sites is 3. The lowest BCUT2D eigenvalue weighted by atomic mass is 9.97. The number of fused-ring (bicyclic) bond motifs is 12. The van der Waals surface area contributed by atoms with Crippen LogP contribution in [0.5, 0.6) is 0 Å². The maximum absolute atomic E-state index is 5.18. The molecule has 0 aliphatic heterocycles. The van der Waals surface area contributed by atoms with Gasteiger partial charge in [-0.05, 0) is 64.7 Å². The second kappa shape index (κ2) is 8.96. The van der Waals surface area contributed by atoms with E-state index in [1.54, 1.807) is 0 Å². The Bertz CT molecular complexity index is 2790. The first-order valence-electron chi connectivity index (χ1n) is 14.8. The summed E-state index contributed by atoms with van der Waals surface area (Å²) in [6.45, 7) is 0. The van der Waals surface area contributed by atoms with E-state index in [9.17, 15) is 0 Å². The first kappa shape index (κ1) is 23.9. The molecule has 0 fully saturated rings. The van der Waals surface area contributed by atoms with E-state index >= 15 is 0 Å². The predicted octanol–water partition coefficient (Wildman–Crippen LogP) is 11.0. The average molecular weight is 578 g/mol. The van der Waals surface area contributed by atoms with Crippen molar-refractivity contribution in [1.82, 2.24) is 14.4 Å². The van der Waals surface area contributed by atoms with Gasteiger partial charge in [-0.2, -0.15) is 0 Å². The van der Waals surface area contributed by atoms with Crippen molar-refractivity contribution >= 4 is 80.9 Å². The lowest BCUT2D eigenvalue weighted by Gasteiger charge is -2.12. The molecular weight excluding hydrogens is 555 g/mol. The Kier molecular flexibility index (Phi) is 4.87. The monoisotopic (exact) mass is 577 g/mol. The van der Waals surface area contributed by atoms with Crippen molar-refractivity contribution in [3.05, 3.63) is 140 Å². The summed E-state index contributed by atoms with van der Waals surface area (Å²) in [5, 5.41) is 5.95. The summed E-state index contributed by atoms with van der Waals surface area (Å²) >= 11 is 1.87. The number of aromatic nitrogens is 3. The molecule has 0 aliphatic carbocycles. The van der Waals surface area contributed by atoms with Gasteiger partial charge < -0.3 is 0 Å². The fraction of sp³-hybridized carbons (Fsp3) is 0. The minimum atomic E-state index is 0.939. The fourth-order valence-electron chi connectivity index (χ4n) is 6.88. The molecule has 0 N–H and O–H groups in total. The van der Waals surface area contributed by atoms with Gasteiger partial charge in [-0.3, -0.25) is 4.40 Å². The third-order valence-electron chi connectivity index (χ3n) is 8.93. The zero-order chi connectivity index (χ0) is 28.8. The van der Waals surface area contributed by atoms with Crippen LogP contribution < -0.4 is 0 Å². The van der Waals surface area contributed by atoms with E-state index in [1.807, 2.05) is 11.3 Å². The third kappa shape index (κ3) is 3.37. The van der Waals surface area contributed by atoms with E-state index < -0.39 is 0 Å². The molecule has 0 radical (unpaired) electrons. The maximum atomic E-state index is 5.18. The quantitative estimate of drug-likeness (QED) is 0.151. The van der Waals surface area contributed by atoms with E-state index in [2.05, 4.69) is 144 Å². The SMILES string of the molecule is c1cc(-c2ccc3c4nc5ccccc5cc4c4nc5ccccc5n4c3c2)cc(-c2cccc3c2sc2ccccc23)c1. The number of thiophene rings is 1. The highest BCUT2D eigenvalue weighted by atomic mass is 32.1. The smallest absolute Gasteiger partial charge is 0.147 e. The number of hydrogen-bond acceptors (Lipinski definition) is 3. The normalized spacial score (nSPS) is 12.1. The molecule has 0 aliphatic rings. The maximum Gasteiger partial charge on any atom is 0.147 e. The highest BCUT2D eigenvalue weighted by Crippen LogP contribution is 2.41. The van der Waals surface area contributed by atoms with Crippen molar-refractivity contribution in [3.63, 3.8) is 0 Å². The van der Waals surface area contributed by atoms with Crippen LogP contribution in [-0.4, -0.2) is 14.4 Å². The summed E-state index contributed by atoms with van der Waals surface area (Å²) in [5.41, 5.74) is 11.0. The summed E-state index contributed by atoms with van der Waals surface area (Å²) < 4.78 is 4.97. The molecule has 0 unspecified atom stereocenters. The minimum absolute atomic E-state index is 0.939. The third-order valence-corrected chi connectivity index (χ3v) is 10.2. The highest BCUT2D eigenvalue weighted by Gasteiger charge is 2.17. The molecule has 0 atom stereocenters. The van der Waals surface area contributed by atoms with Crippen LogP contribution >= 0.6 is 11.3 Å². The molecule has 0 amide bonds. The molecule has 0 saturated carbocycles. The van der Waals surface area contributed by atoms with Crippen LogP contribution in [0, 0.1) is 0 Å². The second-order valence-corrected chi connectivity index (χ2v) is 12.5.